The van der Waals surface area contributed by atoms with Crippen LogP contribution in [-0.2, 0) is 4.79 Å². The molecule has 1 saturated heterocycles. The van der Waals surface area contributed by atoms with Crippen LogP contribution in [0.4, 0.5) is 4.39 Å². The predicted molar refractivity (Wildman–Crippen MR) is 162 cm³/mol. The molecule has 2 aliphatic rings. The number of likely N-dealkylation sites (tertiary alicyclic amines) is 1. The molecular weight excluding hydrogens is 549 g/mol. The highest BCUT2D eigenvalue weighted by Crippen LogP contribution is 2.36. The van der Waals surface area contributed by atoms with Gasteiger partial charge >= 0.3 is 0 Å². The molecule has 224 valence electrons. The number of Topliss-reactive ketones (excluding diaryl/α,β-unsaturated/α-hetero) is 1. The third-order valence-electron chi connectivity index (χ3n) is 8.28. The van der Waals surface area contributed by atoms with Crippen molar-refractivity contribution in [2.45, 2.75) is 44.9 Å². The number of carbonyl (C=O) groups excluding carboxylic acids is 2. The summed E-state index contributed by atoms with van der Waals surface area (Å²) in [7, 11) is 0. The molecule has 2 atom stereocenters. The van der Waals surface area contributed by atoms with E-state index in [0.29, 0.717) is 12.6 Å². The highest BCUT2D eigenvalue weighted by molar-refractivity contribution is 6.42. The maximum atomic E-state index is 14.8. The first-order valence-corrected chi connectivity index (χ1v) is 14.8. The van der Waals surface area contributed by atoms with E-state index < -0.39 is 29.7 Å². The second-order valence-electron chi connectivity index (χ2n) is 11.6. The van der Waals surface area contributed by atoms with Gasteiger partial charge in [-0.1, -0.05) is 36.4 Å². The number of ketones is 1. The Balaban J connectivity index is 1.20. The third kappa shape index (κ3) is 6.00. The van der Waals surface area contributed by atoms with Crippen LogP contribution in [0.2, 0.25) is 0 Å². The summed E-state index contributed by atoms with van der Waals surface area (Å²) in [6.45, 7) is 6.74. The van der Waals surface area contributed by atoms with Crippen molar-refractivity contribution < 1.29 is 28.6 Å². The van der Waals surface area contributed by atoms with E-state index in [-0.39, 0.29) is 35.8 Å². The number of amides is 1. The summed E-state index contributed by atoms with van der Waals surface area (Å²) < 4.78 is 27.9. The fourth-order valence-electron chi connectivity index (χ4n) is 5.96. The van der Waals surface area contributed by atoms with Gasteiger partial charge in [0.2, 0.25) is 5.78 Å². The fraction of sp³-hybridized carbons (Fsp3) is 0.353. The van der Waals surface area contributed by atoms with Crippen molar-refractivity contribution >= 4 is 22.6 Å². The molecule has 1 fully saturated rings. The SMILES string of the molecule is CC(C)n1ccc2ccc(-c3ccc(C(=O)C(=O)N[C@H](CN4CCCC4)[C@@H](O)c4cc(F)c5c(c4)OCCO5)cc3)cc21. The molecular formula is C34H36FN3O5. The summed E-state index contributed by atoms with van der Waals surface area (Å²) in [5.74, 6) is -1.97. The Morgan fingerprint density at radius 1 is 0.953 bits per heavy atom. The van der Waals surface area contributed by atoms with Gasteiger partial charge < -0.3 is 29.4 Å². The minimum atomic E-state index is -1.27. The van der Waals surface area contributed by atoms with Crippen molar-refractivity contribution in [2.24, 2.45) is 0 Å². The van der Waals surface area contributed by atoms with Crippen molar-refractivity contribution in [1.82, 2.24) is 14.8 Å². The number of halogens is 1. The third-order valence-corrected chi connectivity index (χ3v) is 8.28. The van der Waals surface area contributed by atoms with Crippen LogP contribution in [0.15, 0.2) is 66.9 Å². The van der Waals surface area contributed by atoms with Crippen molar-refractivity contribution in [3.8, 4) is 22.6 Å². The molecule has 0 spiro atoms. The first-order valence-electron chi connectivity index (χ1n) is 14.8. The number of nitrogens with one attached hydrogen (secondary N) is 1. The number of hydrogen-bond acceptors (Lipinski definition) is 6. The number of rotatable bonds is 9. The Bertz CT molecular complexity index is 1640. The molecule has 9 heteroatoms. The smallest absolute Gasteiger partial charge is 0.292 e. The van der Waals surface area contributed by atoms with Gasteiger partial charge in [-0.05, 0) is 86.1 Å². The fourth-order valence-corrected chi connectivity index (χ4v) is 5.96. The lowest BCUT2D eigenvalue weighted by Gasteiger charge is -2.29. The molecule has 1 aromatic heterocycles. The van der Waals surface area contributed by atoms with Crippen molar-refractivity contribution in [2.75, 3.05) is 32.8 Å². The molecule has 2 aliphatic heterocycles. The largest absolute Gasteiger partial charge is 0.486 e. The normalized spacial score (nSPS) is 16.4. The van der Waals surface area contributed by atoms with Crippen LogP contribution in [0, 0.1) is 5.82 Å². The Labute approximate surface area is 250 Å². The van der Waals surface area contributed by atoms with Gasteiger partial charge in [0.15, 0.2) is 17.3 Å². The average Bonchev–Trinajstić information content (AvgIpc) is 3.70. The molecule has 0 unspecified atom stereocenters. The lowest BCUT2D eigenvalue weighted by Crippen LogP contribution is -2.48. The number of hydrogen-bond donors (Lipinski definition) is 2. The van der Waals surface area contributed by atoms with Gasteiger partial charge in [-0.3, -0.25) is 9.59 Å². The molecule has 43 heavy (non-hydrogen) atoms. The van der Waals surface area contributed by atoms with E-state index in [1.54, 1.807) is 12.1 Å². The molecule has 6 rings (SSSR count). The molecule has 2 N–H and O–H groups in total. The first kappa shape index (κ1) is 28.9. The minimum Gasteiger partial charge on any atom is -0.486 e. The monoisotopic (exact) mass is 585 g/mol. The van der Waals surface area contributed by atoms with E-state index in [0.717, 1.165) is 48.0 Å². The van der Waals surface area contributed by atoms with Gasteiger partial charge in [0.1, 0.15) is 19.3 Å². The van der Waals surface area contributed by atoms with Crippen LogP contribution < -0.4 is 14.8 Å². The summed E-state index contributed by atoms with van der Waals surface area (Å²) in [4.78, 5) is 28.6. The number of aromatic nitrogens is 1. The summed E-state index contributed by atoms with van der Waals surface area (Å²) in [5, 5.41) is 15.2. The van der Waals surface area contributed by atoms with Crippen molar-refractivity contribution in [3.63, 3.8) is 0 Å². The number of fused-ring (bicyclic) bond motifs is 2. The maximum absolute atomic E-state index is 14.8. The molecule has 0 saturated carbocycles. The van der Waals surface area contributed by atoms with Crippen LogP contribution in [0.5, 0.6) is 11.5 Å². The van der Waals surface area contributed by atoms with E-state index in [2.05, 4.69) is 53.0 Å². The zero-order valence-corrected chi connectivity index (χ0v) is 24.4. The molecule has 8 nitrogen and oxygen atoms in total. The summed E-state index contributed by atoms with van der Waals surface area (Å²) in [5.41, 5.74) is 3.55. The lowest BCUT2D eigenvalue weighted by molar-refractivity contribution is -0.118. The van der Waals surface area contributed by atoms with Crippen LogP contribution in [0.1, 0.15) is 54.8 Å². The van der Waals surface area contributed by atoms with Crippen LogP contribution >= 0.6 is 0 Å². The van der Waals surface area contributed by atoms with Crippen LogP contribution in [0.3, 0.4) is 0 Å². The second kappa shape index (κ2) is 12.2. The van der Waals surface area contributed by atoms with Gasteiger partial charge in [0.05, 0.1) is 6.04 Å². The molecule has 0 radical (unpaired) electrons. The molecule has 4 aromatic rings. The summed E-state index contributed by atoms with van der Waals surface area (Å²) in [6, 6.07) is 17.5. The summed E-state index contributed by atoms with van der Waals surface area (Å²) in [6.07, 6.45) is 2.83. The van der Waals surface area contributed by atoms with Gasteiger partial charge in [0.25, 0.3) is 5.91 Å². The van der Waals surface area contributed by atoms with Gasteiger partial charge in [-0.15, -0.1) is 0 Å². The Morgan fingerprint density at radius 2 is 1.67 bits per heavy atom. The van der Waals surface area contributed by atoms with Gasteiger partial charge in [0, 0.05) is 29.9 Å². The quantitative estimate of drug-likeness (QED) is 0.205. The van der Waals surface area contributed by atoms with Gasteiger partial charge in [-0.2, -0.15) is 0 Å². The van der Waals surface area contributed by atoms with Crippen LogP contribution in [-0.4, -0.2) is 65.2 Å². The second-order valence-corrected chi connectivity index (χ2v) is 11.6. The predicted octanol–water partition coefficient (Wildman–Crippen LogP) is 5.30. The number of benzene rings is 3. The van der Waals surface area contributed by atoms with E-state index in [1.807, 2.05) is 18.2 Å². The highest BCUT2D eigenvalue weighted by Gasteiger charge is 2.31. The molecule has 0 aliphatic carbocycles. The Morgan fingerprint density at radius 3 is 2.42 bits per heavy atom. The zero-order valence-electron chi connectivity index (χ0n) is 24.4. The lowest BCUT2D eigenvalue weighted by atomic mass is 9.99. The Hall–Kier alpha value is -4.21. The zero-order chi connectivity index (χ0) is 30.1. The number of aliphatic hydroxyl groups excluding tert-OH is 1. The average molecular weight is 586 g/mol. The minimum absolute atomic E-state index is 0.00903. The van der Waals surface area contributed by atoms with Crippen molar-refractivity contribution in [1.29, 1.82) is 0 Å². The van der Waals surface area contributed by atoms with Crippen LogP contribution in [0.25, 0.3) is 22.0 Å². The number of nitrogens with zero attached hydrogens (tertiary/aromatic N) is 2. The highest BCUT2D eigenvalue weighted by atomic mass is 19.1. The Kier molecular flexibility index (Phi) is 8.19. The van der Waals surface area contributed by atoms with E-state index in [1.165, 1.54) is 12.1 Å². The summed E-state index contributed by atoms with van der Waals surface area (Å²) >= 11 is 0. The molecule has 0 bridgehead atoms. The maximum Gasteiger partial charge on any atom is 0.292 e. The number of ether oxygens (including phenoxy) is 2. The number of aliphatic hydroxyl groups is 1. The van der Waals surface area contributed by atoms with E-state index >= 15 is 0 Å². The molecule has 3 aromatic carbocycles. The van der Waals surface area contributed by atoms with E-state index in [9.17, 15) is 19.1 Å². The van der Waals surface area contributed by atoms with E-state index in [4.69, 9.17) is 9.47 Å². The van der Waals surface area contributed by atoms with Gasteiger partial charge in [-0.25, -0.2) is 4.39 Å². The topological polar surface area (TPSA) is 93.0 Å². The standard InChI is InChI=1S/C34H36FN3O5/c1-21(2)38-14-11-23-7-10-25(18-29(23)38)22-5-8-24(9-6-22)32(40)34(41)36-28(20-37-12-3-4-13-37)31(39)26-17-27(35)33-30(19-26)42-15-16-43-33/h5-11,14,17-19,21,28,31,39H,3-4,12-13,15-16,20H2,1-2H3,(H,36,41)/t28-,31+/m1/s1. The number of carbonyl (C=O) groups is 2. The van der Waals surface area contributed by atoms with Crippen molar-refractivity contribution in [3.05, 3.63) is 83.8 Å². The molecule has 3 heterocycles. The first-order chi connectivity index (χ1) is 20.8. The molecule has 1 amide bonds.